The molecule has 0 radical (unpaired) electrons. The number of halogens is 2. The molecule has 6 nitrogen and oxygen atoms in total. The predicted octanol–water partition coefficient (Wildman–Crippen LogP) is 2.69. The largest absolute Gasteiger partial charge is 0.383 e. The fourth-order valence-electron chi connectivity index (χ4n) is 2.98. The average Bonchev–Trinajstić information content (AvgIpc) is 2.57. The Morgan fingerprint density at radius 2 is 2.00 bits per heavy atom. The van der Waals surface area contributed by atoms with Crippen LogP contribution < -0.4 is 5.32 Å². The number of carbonyl (C=O) groups is 1. The first-order valence-electron chi connectivity index (χ1n) is 8.44. The first kappa shape index (κ1) is 21.4. The number of piperidine rings is 1. The summed E-state index contributed by atoms with van der Waals surface area (Å²) in [6, 6.07) is 4.71. The number of ether oxygens (including phenoxy) is 1. The molecule has 1 unspecified atom stereocenters. The average molecular weight is 423 g/mol. The van der Waals surface area contributed by atoms with E-state index in [1.54, 1.807) is 19.2 Å². The second kappa shape index (κ2) is 9.37. The summed E-state index contributed by atoms with van der Waals surface area (Å²) in [7, 11) is -1.92. The number of methoxy groups -OCH3 is 1. The molecule has 0 saturated carbocycles. The molecule has 1 aliphatic rings. The smallest absolute Gasteiger partial charge is 0.223 e. The maximum absolute atomic E-state index is 12.6. The van der Waals surface area contributed by atoms with Gasteiger partial charge in [0.2, 0.25) is 15.9 Å². The third kappa shape index (κ3) is 5.82. The zero-order valence-corrected chi connectivity index (χ0v) is 17.2. The van der Waals surface area contributed by atoms with E-state index in [4.69, 9.17) is 27.9 Å². The van der Waals surface area contributed by atoms with Gasteiger partial charge in [0.05, 0.1) is 12.4 Å². The van der Waals surface area contributed by atoms with Crippen molar-refractivity contribution in [1.29, 1.82) is 0 Å². The van der Waals surface area contributed by atoms with Crippen LogP contribution in [0.3, 0.4) is 0 Å². The molecule has 1 saturated heterocycles. The minimum atomic E-state index is -3.50. The van der Waals surface area contributed by atoms with E-state index in [2.05, 4.69) is 5.32 Å². The Labute approximate surface area is 164 Å². The van der Waals surface area contributed by atoms with Crippen molar-refractivity contribution in [3.8, 4) is 0 Å². The quantitative estimate of drug-likeness (QED) is 0.732. The van der Waals surface area contributed by atoms with E-state index < -0.39 is 10.0 Å². The highest BCUT2D eigenvalue weighted by molar-refractivity contribution is 7.88. The number of benzene rings is 1. The van der Waals surface area contributed by atoms with Gasteiger partial charge in [-0.2, -0.15) is 0 Å². The Kier molecular flexibility index (Phi) is 7.73. The van der Waals surface area contributed by atoms with Gasteiger partial charge in [-0.15, -0.1) is 0 Å². The van der Waals surface area contributed by atoms with Gasteiger partial charge in [0.15, 0.2) is 0 Å². The first-order chi connectivity index (χ1) is 12.2. The Balaban J connectivity index is 1.92. The monoisotopic (exact) mass is 422 g/mol. The molecule has 26 heavy (non-hydrogen) atoms. The van der Waals surface area contributed by atoms with E-state index in [0.717, 1.165) is 0 Å². The van der Waals surface area contributed by atoms with Crippen molar-refractivity contribution in [3.63, 3.8) is 0 Å². The summed E-state index contributed by atoms with van der Waals surface area (Å²) in [6.45, 7) is 2.96. The molecule has 0 aliphatic carbocycles. The highest BCUT2D eigenvalue weighted by Crippen LogP contribution is 2.26. The fraction of sp³-hybridized carbons (Fsp3) is 0.588. The molecule has 1 fully saturated rings. The van der Waals surface area contributed by atoms with E-state index in [9.17, 15) is 13.2 Å². The number of nitrogens with one attached hydrogen (secondary N) is 1. The molecule has 0 bridgehead atoms. The summed E-state index contributed by atoms with van der Waals surface area (Å²) < 4.78 is 31.7. The van der Waals surface area contributed by atoms with Crippen LogP contribution in [0.4, 0.5) is 0 Å². The molecule has 146 valence electrons. The number of hydrogen-bond donors (Lipinski definition) is 1. The molecule has 1 aromatic rings. The number of carbonyl (C=O) groups excluding carboxylic acids is 1. The number of amides is 1. The standard InChI is InChI=1S/C17H24Cl2N2O4S/c1-12(10-25-2)20-17(22)13-5-7-21(8-6-13)26(23,24)11-14-3-4-15(18)9-16(14)19/h3-4,9,12-13H,5-8,10-11H2,1-2H3,(H,20,22). The SMILES string of the molecule is COCC(C)NC(=O)C1CCN(S(=O)(=O)Cc2ccc(Cl)cc2Cl)CC1. The van der Waals surface area contributed by atoms with Crippen molar-refractivity contribution in [1.82, 2.24) is 9.62 Å². The fourth-order valence-corrected chi connectivity index (χ4v) is 5.12. The Morgan fingerprint density at radius 1 is 1.35 bits per heavy atom. The van der Waals surface area contributed by atoms with Gasteiger partial charge in [-0.1, -0.05) is 29.3 Å². The summed E-state index contributed by atoms with van der Waals surface area (Å²) in [5.74, 6) is -0.405. The van der Waals surface area contributed by atoms with Gasteiger partial charge >= 0.3 is 0 Å². The molecule has 0 spiro atoms. The van der Waals surface area contributed by atoms with Crippen LogP contribution in [0.1, 0.15) is 25.3 Å². The minimum absolute atomic E-state index is 0.0488. The van der Waals surface area contributed by atoms with Crippen LogP contribution in [-0.2, 0) is 25.3 Å². The number of rotatable bonds is 7. The lowest BCUT2D eigenvalue weighted by molar-refractivity contribution is -0.127. The van der Waals surface area contributed by atoms with Crippen LogP contribution in [-0.4, -0.2) is 51.5 Å². The van der Waals surface area contributed by atoms with Crippen LogP contribution in [0.5, 0.6) is 0 Å². The van der Waals surface area contributed by atoms with Crippen LogP contribution >= 0.6 is 23.2 Å². The maximum Gasteiger partial charge on any atom is 0.223 e. The molecule has 9 heteroatoms. The predicted molar refractivity (Wildman–Crippen MR) is 103 cm³/mol. The number of hydrogen-bond acceptors (Lipinski definition) is 4. The molecule has 1 heterocycles. The van der Waals surface area contributed by atoms with Gasteiger partial charge in [-0.3, -0.25) is 4.79 Å². The zero-order chi connectivity index (χ0) is 19.3. The molecule has 1 atom stereocenters. The van der Waals surface area contributed by atoms with Crippen molar-refractivity contribution < 1.29 is 17.9 Å². The second-order valence-corrected chi connectivity index (χ2v) is 9.34. The third-order valence-electron chi connectivity index (χ3n) is 4.38. The van der Waals surface area contributed by atoms with Crippen LogP contribution in [0, 0.1) is 5.92 Å². The summed E-state index contributed by atoms with van der Waals surface area (Å²) >= 11 is 11.9. The summed E-state index contributed by atoms with van der Waals surface area (Å²) in [4.78, 5) is 12.2. The van der Waals surface area contributed by atoms with E-state index in [1.807, 2.05) is 6.92 Å². The van der Waals surface area contributed by atoms with Gasteiger partial charge in [0.25, 0.3) is 0 Å². The molecule has 1 N–H and O–H groups in total. The molecule has 0 aromatic heterocycles. The lowest BCUT2D eigenvalue weighted by atomic mass is 9.97. The summed E-state index contributed by atoms with van der Waals surface area (Å²) in [5, 5.41) is 3.69. The molecule has 1 aliphatic heterocycles. The first-order valence-corrected chi connectivity index (χ1v) is 10.8. The topological polar surface area (TPSA) is 75.7 Å². The van der Waals surface area contributed by atoms with Crippen molar-refractivity contribution in [2.24, 2.45) is 5.92 Å². The molecule has 1 aromatic carbocycles. The molecule has 2 rings (SSSR count). The van der Waals surface area contributed by atoms with Crippen LogP contribution in [0.25, 0.3) is 0 Å². The van der Waals surface area contributed by atoms with Crippen LogP contribution in [0.15, 0.2) is 18.2 Å². The van der Waals surface area contributed by atoms with Gasteiger partial charge in [-0.25, -0.2) is 12.7 Å². The van der Waals surface area contributed by atoms with E-state index in [0.29, 0.717) is 48.1 Å². The van der Waals surface area contributed by atoms with E-state index in [1.165, 1.54) is 10.4 Å². The summed E-state index contributed by atoms with van der Waals surface area (Å²) in [5.41, 5.74) is 0.518. The highest BCUT2D eigenvalue weighted by Gasteiger charge is 2.31. The molecular weight excluding hydrogens is 399 g/mol. The maximum atomic E-state index is 12.6. The van der Waals surface area contributed by atoms with Gasteiger partial charge in [0, 0.05) is 42.2 Å². The summed E-state index contributed by atoms with van der Waals surface area (Å²) in [6.07, 6.45) is 0.998. The van der Waals surface area contributed by atoms with Crippen LogP contribution in [0.2, 0.25) is 10.0 Å². The lowest BCUT2D eigenvalue weighted by Gasteiger charge is -2.31. The van der Waals surface area contributed by atoms with Crippen molar-refractivity contribution in [3.05, 3.63) is 33.8 Å². The normalized spacial score (nSPS) is 17.8. The van der Waals surface area contributed by atoms with Crippen molar-refractivity contribution in [2.75, 3.05) is 26.8 Å². The lowest BCUT2D eigenvalue weighted by Crippen LogP contribution is -2.45. The number of sulfonamides is 1. The third-order valence-corrected chi connectivity index (χ3v) is 6.79. The second-order valence-electron chi connectivity index (χ2n) is 6.53. The van der Waals surface area contributed by atoms with E-state index in [-0.39, 0.29) is 23.6 Å². The van der Waals surface area contributed by atoms with Gasteiger partial charge in [-0.05, 0) is 37.5 Å². The minimum Gasteiger partial charge on any atom is -0.383 e. The zero-order valence-electron chi connectivity index (χ0n) is 14.9. The Bertz CT molecular complexity index is 734. The Hall–Kier alpha value is -0.860. The number of nitrogens with zero attached hydrogens (tertiary/aromatic N) is 1. The van der Waals surface area contributed by atoms with Crippen molar-refractivity contribution in [2.45, 2.75) is 31.6 Å². The van der Waals surface area contributed by atoms with Gasteiger partial charge < -0.3 is 10.1 Å². The van der Waals surface area contributed by atoms with Gasteiger partial charge in [0.1, 0.15) is 0 Å². The Morgan fingerprint density at radius 3 is 2.58 bits per heavy atom. The van der Waals surface area contributed by atoms with E-state index >= 15 is 0 Å². The molecular formula is C17H24Cl2N2O4S. The van der Waals surface area contributed by atoms with Crippen molar-refractivity contribution >= 4 is 39.1 Å². The highest BCUT2D eigenvalue weighted by atomic mass is 35.5. The molecule has 1 amide bonds.